The van der Waals surface area contributed by atoms with E-state index in [0.717, 1.165) is 0 Å². The summed E-state index contributed by atoms with van der Waals surface area (Å²) in [5.74, 6) is 0. The molecule has 0 fully saturated rings. The van der Waals surface area contributed by atoms with E-state index in [2.05, 4.69) is 5.32 Å². The molecular formula is C7H15NO4. The van der Waals surface area contributed by atoms with Crippen molar-refractivity contribution in [1.82, 2.24) is 5.32 Å². The fourth-order valence-electron chi connectivity index (χ4n) is 0.928. The van der Waals surface area contributed by atoms with Crippen molar-refractivity contribution in [2.45, 2.75) is 31.3 Å². The minimum Gasteiger partial charge on any atom is -0.391 e. The average molecular weight is 177 g/mol. The molecule has 5 nitrogen and oxygen atoms in total. The second-order valence-electron chi connectivity index (χ2n) is 2.67. The molecule has 0 aromatic rings. The lowest BCUT2D eigenvalue weighted by atomic mass is 10.0. The summed E-state index contributed by atoms with van der Waals surface area (Å²) in [6, 6.07) is -0.831. The van der Waals surface area contributed by atoms with Gasteiger partial charge in [0.25, 0.3) is 0 Å². The number of carbonyl (C=O) groups is 1. The molecule has 0 aliphatic carbocycles. The van der Waals surface area contributed by atoms with Crippen LogP contribution in [0.3, 0.4) is 0 Å². The predicted molar refractivity (Wildman–Crippen MR) is 42.6 cm³/mol. The molecule has 12 heavy (non-hydrogen) atoms. The number of nitrogens with one attached hydrogen (secondary N) is 1. The van der Waals surface area contributed by atoms with E-state index in [1.54, 1.807) is 0 Å². The lowest BCUT2D eigenvalue weighted by Gasteiger charge is -2.25. The maximum Gasteiger partial charge on any atom is 0.150 e. The zero-order valence-corrected chi connectivity index (χ0v) is 7.14. The van der Waals surface area contributed by atoms with Crippen molar-refractivity contribution >= 4 is 6.29 Å². The van der Waals surface area contributed by atoms with Crippen molar-refractivity contribution in [3.63, 3.8) is 0 Å². The molecule has 0 bridgehead atoms. The third kappa shape index (κ3) is 2.86. The molecule has 4 atom stereocenters. The Morgan fingerprint density at radius 1 is 1.33 bits per heavy atom. The first-order valence-electron chi connectivity index (χ1n) is 3.71. The summed E-state index contributed by atoms with van der Waals surface area (Å²) in [5, 5.41) is 29.8. The van der Waals surface area contributed by atoms with Crippen molar-refractivity contribution in [3.05, 3.63) is 0 Å². The van der Waals surface area contributed by atoms with Gasteiger partial charge >= 0.3 is 0 Å². The van der Waals surface area contributed by atoms with Gasteiger partial charge in [-0.25, -0.2) is 0 Å². The topological polar surface area (TPSA) is 89.8 Å². The van der Waals surface area contributed by atoms with Gasteiger partial charge in [-0.3, -0.25) is 0 Å². The second kappa shape index (κ2) is 5.21. The van der Waals surface area contributed by atoms with E-state index < -0.39 is 24.4 Å². The van der Waals surface area contributed by atoms with Gasteiger partial charge in [0, 0.05) is 0 Å². The van der Waals surface area contributed by atoms with Crippen LogP contribution in [-0.2, 0) is 4.79 Å². The van der Waals surface area contributed by atoms with Gasteiger partial charge in [0.15, 0.2) is 0 Å². The van der Waals surface area contributed by atoms with Crippen LogP contribution in [0.25, 0.3) is 0 Å². The van der Waals surface area contributed by atoms with Gasteiger partial charge in [0.05, 0.1) is 18.2 Å². The third-order valence-corrected chi connectivity index (χ3v) is 1.70. The number of aliphatic hydroxyl groups is 3. The first kappa shape index (κ1) is 11.5. The molecule has 0 saturated heterocycles. The Kier molecular flexibility index (Phi) is 5.00. The van der Waals surface area contributed by atoms with Crippen molar-refractivity contribution in [1.29, 1.82) is 0 Å². The van der Waals surface area contributed by atoms with Crippen LogP contribution in [0.2, 0.25) is 0 Å². The van der Waals surface area contributed by atoms with Gasteiger partial charge in [-0.05, 0) is 14.0 Å². The Labute approximate surface area is 71.0 Å². The van der Waals surface area contributed by atoms with Gasteiger partial charge in [-0.15, -0.1) is 0 Å². The monoisotopic (exact) mass is 177 g/mol. The molecule has 0 rings (SSSR count). The number of aldehydes is 1. The summed E-state index contributed by atoms with van der Waals surface area (Å²) < 4.78 is 0. The Morgan fingerprint density at radius 3 is 2.08 bits per heavy atom. The van der Waals surface area contributed by atoms with E-state index in [1.807, 2.05) is 0 Å². The molecule has 0 aromatic carbocycles. The second-order valence-corrected chi connectivity index (χ2v) is 2.67. The Hall–Kier alpha value is -0.490. The molecule has 0 unspecified atom stereocenters. The standard InChI is InChI=1S/C7H15NO4/c1-4(10)7(12)6(8-2)5(11)3-9/h3-8,10-12H,1-2H3/t4-,5+,6-,7+/m1/s1. The van der Waals surface area contributed by atoms with Gasteiger partial charge in [-0.1, -0.05) is 0 Å². The van der Waals surface area contributed by atoms with E-state index in [4.69, 9.17) is 10.2 Å². The summed E-state index contributed by atoms with van der Waals surface area (Å²) >= 11 is 0. The predicted octanol–water partition coefficient (Wildman–Crippen LogP) is -2.12. The maximum atomic E-state index is 10.1. The zero-order valence-electron chi connectivity index (χ0n) is 7.14. The highest BCUT2D eigenvalue weighted by Crippen LogP contribution is 2.02. The van der Waals surface area contributed by atoms with Crippen LogP contribution in [-0.4, -0.2) is 53.0 Å². The lowest BCUT2D eigenvalue weighted by Crippen LogP contribution is -2.51. The lowest BCUT2D eigenvalue weighted by molar-refractivity contribution is -0.119. The van der Waals surface area contributed by atoms with Gasteiger partial charge < -0.3 is 25.4 Å². The largest absolute Gasteiger partial charge is 0.391 e. The van der Waals surface area contributed by atoms with Crippen LogP contribution in [0.1, 0.15) is 6.92 Å². The van der Waals surface area contributed by atoms with Crippen LogP contribution in [0.15, 0.2) is 0 Å². The maximum absolute atomic E-state index is 10.1. The van der Waals surface area contributed by atoms with Gasteiger partial charge in [0.2, 0.25) is 0 Å². The normalized spacial score (nSPS) is 21.1. The first-order chi connectivity index (χ1) is 5.54. The average Bonchev–Trinajstić information content (AvgIpc) is 2.05. The minimum absolute atomic E-state index is 0.312. The zero-order chi connectivity index (χ0) is 9.72. The number of aliphatic hydroxyl groups excluding tert-OH is 3. The highest BCUT2D eigenvalue weighted by molar-refractivity contribution is 5.57. The van der Waals surface area contributed by atoms with Crippen molar-refractivity contribution in [3.8, 4) is 0 Å². The molecule has 0 saturated carbocycles. The number of carbonyl (C=O) groups excluding carboxylic acids is 1. The molecule has 72 valence electrons. The van der Waals surface area contributed by atoms with E-state index in [-0.39, 0.29) is 0 Å². The van der Waals surface area contributed by atoms with E-state index in [0.29, 0.717) is 6.29 Å². The number of rotatable bonds is 5. The molecular weight excluding hydrogens is 162 g/mol. The van der Waals surface area contributed by atoms with Gasteiger partial charge in [0.1, 0.15) is 12.4 Å². The van der Waals surface area contributed by atoms with Crippen LogP contribution < -0.4 is 5.32 Å². The summed E-state index contributed by atoms with van der Waals surface area (Å²) in [6.45, 7) is 1.38. The van der Waals surface area contributed by atoms with E-state index in [1.165, 1.54) is 14.0 Å². The summed E-state index contributed by atoms with van der Waals surface area (Å²) in [4.78, 5) is 10.1. The highest BCUT2D eigenvalue weighted by atomic mass is 16.3. The van der Waals surface area contributed by atoms with Crippen molar-refractivity contribution < 1.29 is 20.1 Å². The number of hydrogen-bond donors (Lipinski definition) is 4. The Bertz CT molecular complexity index is 139. The highest BCUT2D eigenvalue weighted by Gasteiger charge is 2.28. The number of hydrogen-bond acceptors (Lipinski definition) is 5. The summed E-state index contributed by atoms with van der Waals surface area (Å²) in [7, 11) is 1.49. The number of likely N-dealkylation sites (N-methyl/N-ethyl adjacent to an activating group) is 1. The van der Waals surface area contributed by atoms with Crippen LogP contribution in [0.5, 0.6) is 0 Å². The first-order valence-corrected chi connectivity index (χ1v) is 3.71. The van der Waals surface area contributed by atoms with Gasteiger partial charge in [-0.2, -0.15) is 0 Å². The molecule has 0 aliphatic rings. The molecule has 0 radical (unpaired) electrons. The molecule has 0 heterocycles. The quantitative estimate of drug-likeness (QED) is 0.360. The summed E-state index contributed by atoms with van der Waals surface area (Å²) in [6.07, 6.45) is -3.14. The van der Waals surface area contributed by atoms with Crippen LogP contribution >= 0.6 is 0 Å². The van der Waals surface area contributed by atoms with Crippen LogP contribution in [0.4, 0.5) is 0 Å². The molecule has 0 amide bonds. The molecule has 0 aromatic heterocycles. The molecule has 0 spiro atoms. The SMILES string of the molecule is CN[C@@H]([C@@H](O)[C@@H](C)O)[C@@H](O)C=O. The molecule has 5 heteroatoms. The summed E-state index contributed by atoms with van der Waals surface area (Å²) in [5.41, 5.74) is 0. The van der Waals surface area contributed by atoms with Crippen molar-refractivity contribution in [2.24, 2.45) is 0 Å². The van der Waals surface area contributed by atoms with Crippen molar-refractivity contribution in [2.75, 3.05) is 7.05 Å². The molecule has 0 aliphatic heterocycles. The fraction of sp³-hybridized carbons (Fsp3) is 0.857. The van der Waals surface area contributed by atoms with E-state index >= 15 is 0 Å². The third-order valence-electron chi connectivity index (χ3n) is 1.70. The Balaban J connectivity index is 4.22. The van der Waals surface area contributed by atoms with E-state index in [9.17, 15) is 9.90 Å². The van der Waals surface area contributed by atoms with Crippen LogP contribution in [0, 0.1) is 0 Å². The Morgan fingerprint density at radius 2 is 1.83 bits per heavy atom. The minimum atomic E-state index is -1.31. The fourth-order valence-corrected chi connectivity index (χ4v) is 0.928. The molecule has 4 N–H and O–H groups in total. The smallest absolute Gasteiger partial charge is 0.150 e.